The summed E-state index contributed by atoms with van der Waals surface area (Å²) >= 11 is 3.46. The zero-order valence-corrected chi connectivity index (χ0v) is 12.9. The summed E-state index contributed by atoms with van der Waals surface area (Å²) in [5.74, 6) is 0. The van der Waals surface area contributed by atoms with Gasteiger partial charge in [0, 0.05) is 33.2 Å². The van der Waals surface area contributed by atoms with Gasteiger partial charge in [0.25, 0.3) is 0 Å². The summed E-state index contributed by atoms with van der Waals surface area (Å²) in [5.41, 5.74) is 4.59. The highest BCUT2D eigenvalue weighted by molar-refractivity contribution is 9.10. The van der Waals surface area contributed by atoms with Gasteiger partial charge in [-0.1, -0.05) is 46.3 Å². The number of aliphatic hydroxyl groups is 1. The lowest BCUT2D eigenvalue weighted by atomic mass is 10.1. The van der Waals surface area contributed by atoms with E-state index in [2.05, 4.69) is 63.8 Å². The van der Waals surface area contributed by atoms with Crippen LogP contribution in [-0.4, -0.2) is 9.67 Å². The van der Waals surface area contributed by atoms with Crippen LogP contribution in [0.1, 0.15) is 16.8 Å². The third-order valence-electron chi connectivity index (χ3n) is 3.77. The highest BCUT2D eigenvalue weighted by Gasteiger charge is 2.12. The van der Waals surface area contributed by atoms with Crippen molar-refractivity contribution in [3.8, 4) is 0 Å². The fourth-order valence-electron chi connectivity index (χ4n) is 2.68. The number of benzene rings is 2. The molecule has 0 saturated carbocycles. The number of aromatic nitrogens is 1. The SMILES string of the molecule is Cc1c(CO)c2ccccc2n1Cc1ccc(Br)cc1. The Morgan fingerprint density at radius 1 is 1.05 bits per heavy atom. The highest BCUT2D eigenvalue weighted by atomic mass is 79.9. The molecular weight excluding hydrogens is 314 g/mol. The van der Waals surface area contributed by atoms with Gasteiger partial charge in [0.05, 0.1) is 6.61 Å². The van der Waals surface area contributed by atoms with Crippen molar-refractivity contribution in [2.45, 2.75) is 20.1 Å². The molecule has 2 nitrogen and oxygen atoms in total. The van der Waals surface area contributed by atoms with E-state index in [4.69, 9.17) is 0 Å². The fraction of sp³-hybridized carbons (Fsp3) is 0.176. The van der Waals surface area contributed by atoms with Crippen molar-refractivity contribution in [3.63, 3.8) is 0 Å². The lowest BCUT2D eigenvalue weighted by Gasteiger charge is -2.09. The Labute approximate surface area is 126 Å². The molecule has 0 atom stereocenters. The van der Waals surface area contributed by atoms with E-state index in [0.717, 1.165) is 27.7 Å². The van der Waals surface area contributed by atoms with Crippen LogP contribution in [0.2, 0.25) is 0 Å². The minimum Gasteiger partial charge on any atom is -0.392 e. The standard InChI is InChI=1S/C17H16BrNO/c1-12-16(11-20)15-4-2-3-5-17(15)19(12)10-13-6-8-14(18)9-7-13/h2-9,20H,10-11H2,1H3. The van der Waals surface area contributed by atoms with E-state index in [-0.39, 0.29) is 6.61 Å². The molecule has 2 aromatic carbocycles. The first-order valence-electron chi connectivity index (χ1n) is 6.62. The van der Waals surface area contributed by atoms with Crippen molar-refractivity contribution in [3.05, 3.63) is 69.8 Å². The molecule has 0 saturated heterocycles. The van der Waals surface area contributed by atoms with Crippen molar-refractivity contribution in [2.24, 2.45) is 0 Å². The number of halogens is 1. The molecule has 0 bridgehead atoms. The second-order valence-electron chi connectivity index (χ2n) is 4.95. The average Bonchev–Trinajstić information content (AvgIpc) is 2.74. The van der Waals surface area contributed by atoms with Gasteiger partial charge in [-0.25, -0.2) is 0 Å². The summed E-state index contributed by atoms with van der Waals surface area (Å²) in [5, 5.41) is 10.8. The van der Waals surface area contributed by atoms with Crippen molar-refractivity contribution in [1.82, 2.24) is 4.57 Å². The van der Waals surface area contributed by atoms with Crippen LogP contribution in [0.15, 0.2) is 53.0 Å². The van der Waals surface area contributed by atoms with Crippen LogP contribution < -0.4 is 0 Å². The number of para-hydroxylation sites is 1. The molecule has 0 aliphatic heterocycles. The van der Waals surface area contributed by atoms with Crippen LogP contribution in [0.5, 0.6) is 0 Å². The molecule has 1 aromatic heterocycles. The zero-order valence-electron chi connectivity index (χ0n) is 11.3. The Balaban J connectivity index is 2.11. The number of rotatable bonds is 3. The molecule has 20 heavy (non-hydrogen) atoms. The van der Waals surface area contributed by atoms with E-state index < -0.39 is 0 Å². The molecule has 3 rings (SSSR count). The summed E-state index contributed by atoms with van der Waals surface area (Å²) in [6.45, 7) is 2.98. The minimum absolute atomic E-state index is 0.0830. The van der Waals surface area contributed by atoms with Crippen LogP contribution in [0.25, 0.3) is 10.9 Å². The van der Waals surface area contributed by atoms with Crippen molar-refractivity contribution in [2.75, 3.05) is 0 Å². The fourth-order valence-corrected chi connectivity index (χ4v) is 2.94. The molecule has 0 radical (unpaired) electrons. The first kappa shape index (κ1) is 13.4. The number of hydrogen-bond donors (Lipinski definition) is 1. The molecule has 3 aromatic rings. The van der Waals surface area contributed by atoms with Gasteiger partial charge in [0.2, 0.25) is 0 Å². The summed E-state index contributed by atoms with van der Waals surface area (Å²) in [6.07, 6.45) is 0. The minimum atomic E-state index is 0.0830. The second kappa shape index (κ2) is 5.43. The maximum Gasteiger partial charge on any atom is 0.0705 e. The lowest BCUT2D eigenvalue weighted by Crippen LogP contribution is -2.02. The van der Waals surface area contributed by atoms with Gasteiger partial charge in [-0.05, 0) is 30.7 Å². The first-order valence-corrected chi connectivity index (χ1v) is 7.42. The smallest absolute Gasteiger partial charge is 0.0705 e. The predicted molar refractivity (Wildman–Crippen MR) is 85.8 cm³/mol. The van der Waals surface area contributed by atoms with Crippen LogP contribution in [-0.2, 0) is 13.2 Å². The molecule has 102 valence electrons. The van der Waals surface area contributed by atoms with Crippen LogP contribution >= 0.6 is 15.9 Å². The van der Waals surface area contributed by atoms with Gasteiger partial charge in [-0.3, -0.25) is 0 Å². The number of aliphatic hydroxyl groups excluding tert-OH is 1. The van der Waals surface area contributed by atoms with Gasteiger partial charge in [0.15, 0.2) is 0 Å². The summed E-state index contributed by atoms with van der Waals surface area (Å²) in [4.78, 5) is 0. The van der Waals surface area contributed by atoms with E-state index in [1.165, 1.54) is 11.1 Å². The van der Waals surface area contributed by atoms with Crippen molar-refractivity contribution < 1.29 is 5.11 Å². The van der Waals surface area contributed by atoms with Gasteiger partial charge < -0.3 is 9.67 Å². The number of hydrogen-bond acceptors (Lipinski definition) is 1. The van der Waals surface area contributed by atoms with Gasteiger partial charge in [-0.15, -0.1) is 0 Å². The molecule has 0 aliphatic carbocycles. The Morgan fingerprint density at radius 3 is 2.45 bits per heavy atom. The monoisotopic (exact) mass is 329 g/mol. The molecular formula is C17H16BrNO. The molecule has 0 spiro atoms. The molecule has 0 aliphatic rings. The Bertz CT molecular complexity index is 744. The van der Waals surface area contributed by atoms with Crippen LogP contribution in [0.3, 0.4) is 0 Å². The number of nitrogens with zero attached hydrogens (tertiary/aromatic N) is 1. The van der Waals surface area contributed by atoms with E-state index in [1.54, 1.807) is 0 Å². The van der Waals surface area contributed by atoms with E-state index in [0.29, 0.717) is 0 Å². The molecule has 3 heteroatoms. The highest BCUT2D eigenvalue weighted by Crippen LogP contribution is 2.26. The topological polar surface area (TPSA) is 25.2 Å². The van der Waals surface area contributed by atoms with E-state index >= 15 is 0 Å². The summed E-state index contributed by atoms with van der Waals surface area (Å²) in [7, 11) is 0. The summed E-state index contributed by atoms with van der Waals surface area (Å²) in [6, 6.07) is 16.6. The van der Waals surface area contributed by atoms with Gasteiger partial charge in [0.1, 0.15) is 0 Å². The zero-order chi connectivity index (χ0) is 14.1. The Hall–Kier alpha value is -1.58. The first-order chi connectivity index (χ1) is 9.70. The third kappa shape index (κ3) is 2.28. The Morgan fingerprint density at radius 2 is 1.75 bits per heavy atom. The molecule has 0 amide bonds. The van der Waals surface area contributed by atoms with Crippen LogP contribution in [0.4, 0.5) is 0 Å². The van der Waals surface area contributed by atoms with Crippen LogP contribution in [0, 0.1) is 6.92 Å². The summed E-state index contributed by atoms with van der Waals surface area (Å²) < 4.78 is 3.36. The van der Waals surface area contributed by atoms with Gasteiger partial charge >= 0.3 is 0 Å². The Kier molecular flexibility index (Phi) is 3.64. The van der Waals surface area contributed by atoms with E-state index in [1.807, 2.05) is 12.1 Å². The average molecular weight is 330 g/mol. The largest absolute Gasteiger partial charge is 0.392 e. The van der Waals surface area contributed by atoms with Crippen molar-refractivity contribution in [1.29, 1.82) is 0 Å². The molecule has 0 unspecified atom stereocenters. The lowest BCUT2D eigenvalue weighted by molar-refractivity contribution is 0.282. The predicted octanol–water partition coefficient (Wildman–Crippen LogP) is 4.25. The maximum atomic E-state index is 9.61. The van der Waals surface area contributed by atoms with Crippen molar-refractivity contribution >= 4 is 26.8 Å². The third-order valence-corrected chi connectivity index (χ3v) is 4.30. The normalized spacial score (nSPS) is 11.2. The number of fused-ring (bicyclic) bond motifs is 1. The second-order valence-corrected chi connectivity index (χ2v) is 5.87. The van der Waals surface area contributed by atoms with E-state index in [9.17, 15) is 5.11 Å². The molecule has 1 N–H and O–H groups in total. The molecule has 0 fully saturated rings. The molecule has 1 heterocycles. The quantitative estimate of drug-likeness (QED) is 0.763. The maximum absolute atomic E-state index is 9.61. The van der Waals surface area contributed by atoms with Gasteiger partial charge in [-0.2, -0.15) is 0 Å².